The number of furan rings is 1. The van der Waals surface area contributed by atoms with Gasteiger partial charge in [0.25, 0.3) is 5.91 Å². The van der Waals surface area contributed by atoms with Gasteiger partial charge in [-0.3, -0.25) is 14.9 Å². The summed E-state index contributed by atoms with van der Waals surface area (Å²) in [6, 6.07) is 22.0. The molecular formula is C29H22N2O7. The minimum absolute atomic E-state index is 0.0829. The number of nitrogens with one attached hydrogen (secondary N) is 1. The molecule has 38 heavy (non-hydrogen) atoms. The van der Waals surface area contributed by atoms with E-state index in [0.717, 1.165) is 0 Å². The van der Waals surface area contributed by atoms with Crippen LogP contribution < -0.4 is 14.8 Å². The smallest absolute Gasteiger partial charge is 0.338 e. The quantitative estimate of drug-likeness (QED) is 0.243. The molecule has 1 amide bonds. The predicted octanol–water partition coefficient (Wildman–Crippen LogP) is 5.11. The molecule has 0 spiro atoms. The third-order valence-electron chi connectivity index (χ3n) is 5.62. The number of methoxy groups -OCH3 is 2. The summed E-state index contributed by atoms with van der Waals surface area (Å²) < 4.78 is 21.5. The highest BCUT2D eigenvalue weighted by molar-refractivity contribution is 5.98. The van der Waals surface area contributed by atoms with Gasteiger partial charge in [-0.1, -0.05) is 24.3 Å². The number of ether oxygens (including phenoxy) is 3. The lowest BCUT2D eigenvalue weighted by atomic mass is 9.98. The van der Waals surface area contributed by atoms with Crippen LogP contribution in [0.25, 0.3) is 22.5 Å². The second-order valence-corrected chi connectivity index (χ2v) is 7.94. The van der Waals surface area contributed by atoms with Crippen LogP contribution in [0.15, 0.2) is 77.2 Å². The summed E-state index contributed by atoms with van der Waals surface area (Å²) in [6.07, 6.45) is 0.652. The van der Waals surface area contributed by atoms with Gasteiger partial charge in [0, 0.05) is 16.7 Å². The first-order chi connectivity index (χ1) is 18.5. The zero-order chi connectivity index (χ0) is 27.1. The molecule has 1 aromatic heterocycles. The SMILES string of the molecule is COc1ccc(-c2oc(NC(=O)COC(=O)c3ccc(C=O)cc3)c(C#N)c2-c2ccc(OC)cc2)cc1. The third kappa shape index (κ3) is 5.55. The fourth-order valence-corrected chi connectivity index (χ4v) is 3.68. The Balaban J connectivity index is 1.62. The maximum atomic E-state index is 12.6. The molecule has 1 N–H and O–H groups in total. The average Bonchev–Trinajstić information content (AvgIpc) is 3.33. The minimum atomic E-state index is -0.740. The molecular weight excluding hydrogens is 488 g/mol. The summed E-state index contributed by atoms with van der Waals surface area (Å²) in [5, 5.41) is 12.5. The van der Waals surface area contributed by atoms with Gasteiger partial charge >= 0.3 is 5.97 Å². The van der Waals surface area contributed by atoms with Crippen LogP contribution in [-0.4, -0.2) is 39.0 Å². The maximum absolute atomic E-state index is 12.6. The van der Waals surface area contributed by atoms with Gasteiger partial charge in [0.2, 0.25) is 5.88 Å². The van der Waals surface area contributed by atoms with Crippen molar-refractivity contribution >= 4 is 24.0 Å². The summed E-state index contributed by atoms with van der Waals surface area (Å²) >= 11 is 0. The van der Waals surface area contributed by atoms with Crippen LogP contribution in [0.5, 0.6) is 11.5 Å². The van der Waals surface area contributed by atoms with E-state index in [9.17, 15) is 19.6 Å². The third-order valence-corrected chi connectivity index (χ3v) is 5.62. The Bertz CT molecular complexity index is 1500. The lowest BCUT2D eigenvalue weighted by molar-refractivity contribution is -0.119. The predicted molar refractivity (Wildman–Crippen MR) is 138 cm³/mol. The van der Waals surface area contributed by atoms with Gasteiger partial charge < -0.3 is 18.6 Å². The number of anilines is 1. The van der Waals surface area contributed by atoms with Crippen molar-refractivity contribution in [2.45, 2.75) is 0 Å². The van der Waals surface area contributed by atoms with Gasteiger partial charge in [-0.15, -0.1) is 0 Å². The summed E-state index contributed by atoms with van der Waals surface area (Å²) in [7, 11) is 3.11. The number of carbonyl (C=O) groups is 3. The van der Waals surface area contributed by atoms with Crippen LogP contribution in [-0.2, 0) is 9.53 Å². The highest BCUT2D eigenvalue weighted by atomic mass is 16.5. The number of nitrogens with zero attached hydrogens (tertiary/aromatic N) is 1. The van der Waals surface area contributed by atoms with E-state index < -0.39 is 18.5 Å². The summed E-state index contributed by atoms with van der Waals surface area (Å²) in [4.78, 5) is 35.7. The zero-order valence-electron chi connectivity index (χ0n) is 20.5. The molecule has 0 atom stereocenters. The number of benzene rings is 3. The Kier molecular flexibility index (Phi) is 7.84. The van der Waals surface area contributed by atoms with Crippen LogP contribution in [0.2, 0.25) is 0 Å². The van der Waals surface area contributed by atoms with Gasteiger partial charge in [0.1, 0.15) is 35.2 Å². The van der Waals surface area contributed by atoms with Crippen molar-refractivity contribution in [3.8, 4) is 40.0 Å². The molecule has 4 aromatic rings. The monoisotopic (exact) mass is 510 g/mol. The molecule has 0 aliphatic heterocycles. The Morgan fingerprint density at radius 1 is 0.895 bits per heavy atom. The first-order valence-electron chi connectivity index (χ1n) is 11.3. The van der Waals surface area contributed by atoms with E-state index in [1.54, 1.807) is 62.8 Å². The molecule has 0 radical (unpaired) electrons. The number of nitriles is 1. The number of amides is 1. The highest BCUT2D eigenvalue weighted by Crippen LogP contribution is 2.42. The normalized spacial score (nSPS) is 10.2. The standard InChI is InChI=1S/C29H22N2O7/c1-35-22-11-7-19(8-12-22)26-24(15-30)28(38-27(26)20-9-13-23(36-2)14-10-20)31-25(33)17-37-29(34)21-5-3-18(16-32)4-6-21/h3-14,16H,17H2,1-2H3,(H,31,33). The van der Waals surface area contributed by atoms with Gasteiger partial charge in [-0.05, 0) is 54.1 Å². The number of hydrogen-bond acceptors (Lipinski definition) is 8. The number of hydrogen-bond donors (Lipinski definition) is 1. The molecule has 1 heterocycles. The van der Waals surface area contributed by atoms with Crippen LogP contribution in [0.4, 0.5) is 5.88 Å². The maximum Gasteiger partial charge on any atom is 0.338 e. The first-order valence-corrected chi connectivity index (χ1v) is 11.3. The van der Waals surface area contributed by atoms with Crippen molar-refractivity contribution in [3.05, 3.63) is 89.5 Å². The van der Waals surface area contributed by atoms with Crippen molar-refractivity contribution in [2.75, 3.05) is 26.1 Å². The Morgan fingerprint density at radius 3 is 2.00 bits per heavy atom. The molecule has 4 rings (SSSR count). The number of aldehydes is 1. The van der Waals surface area contributed by atoms with E-state index in [4.69, 9.17) is 18.6 Å². The molecule has 9 heteroatoms. The Labute approximate surface area is 218 Å². The van der Waals surface area contributed by atoms with Crippen LogP contribution >= 0.6 is 0 Å². The van der Waals surface area contributed by atoms with E-state index in [0.29, 0.717) is 45.8 Å². The van der Waals surface area contributed by atoms with Gasteiger partial charge in [-0.2, -0.15) is 5.26 Å². The van der Waals surface area contributed by atoms with Crippen LogP contribution in [0, 0.1) is 11.3 Å². The van der Waals surface area contributed by atoms with Crippen molar-refractivity contribution in [1.82, 2.24) is 0 Å². The molecule has 0 saturated carbocycles. The number of rotatable bonds is 9. The van der Waals surface area contributed by atoms with Gasteiger partial charge in [-0.25, -0.2) is 4.79 Å². The average molecular weight is 511 g/mol. The molecule has 0 bridgehead atoms. The summed E-state index contributed by atoms with van der Waals surface area (Å²) in [6.45, 7) is -0.616. The molecule has 0 fully saturated rings. The molecule has 3 aromatic carbocycles. The van der Waals surface area contributed by atoms with Crippen LogP contribution in [0.1, 0.15) is 26.3 Å². The van der Waals surface area contributed by atoms with Crippen molar-refractivity contribution in [3.63, 3.8) is 0 Å². The number of esters is 1. The molecule has 0 aliphatic rings. The van der Waals surface area contributed by atoms with Crippen molar-refractivity contribution < 1.29 is 33.0 Å². The summed E-state index contributed by atoms with van der Waals surface area (Å²) in [5.74, 6) is 0.115. The van der Waals surface area contributed by atoms with E-state index in [1.807, 2.05) is 0 Å². The van der Waals surface area contributed by atoms with E-state index in [-0.39, 0.29) is 17.0 Å². The molecule has 9 nitrogen and oxygen atoms in total. The topological polar surface area (TPSA) is 128 Å². The van der Waals surface area contributed by atoms with E-state index in [2.05, 4.69) is 11.4 Å². The highest BCUT2D eigenvalue weighted by Gasteiger charge is 2.25. The Hall–Kier alpha value is -5.36. The van der Waals surface area contributed by atoms with Crippen molar-refractivity contribution in [2.24, 2.45) is 0 Å². The fourth-order valence-electron chi connectivity index (χ4n) is 3.68. The molecule has 0 saturated heterocycles. The van der Waals surface area contributed by atoms with Crippen molar-refractivity contribution in [1.29, 1.82) is 5.26 Å². The minimum Gasteiger partial charge on any atom is -0.497 e. The van der Waals surface area contributed by atoms with E-state index in [1.165, 1.54) is 24.3 Å². The molecule has 190 valence electrons. The zero-order valence-corrected chi connectivity index (χ0v) is 20.5. The number of carbonyl (C=O) groups excluding carboxylic acids is 3. The van der Waals surface area contributed by atoms with Gasteiger partial charge in [0.15, 0.2) is 6.61 Å². The second-order valence-electron chi connectivity index (χ2n) is 7.94. The lowest BCUT2D eigenvalue weighted by Crippen LogP contribution is -2.21. The second kappa shape index (κ2) is 11.6. The molecule has 0 unspecified atom stereocenters. The van der Waals surface area contributed by atoms with Gasteiger partial charge in [0.05, 0.1) is 19.8 Å². The Morgan fingerprint density at radius 2 is 1.47 bits per heavy atom. The fraction of sp³-hybridized carbons (Fsp3) is 0.103. The van der Waals surface area contributed by atoms with Crippen LogP contribution in [0.3, 0.4) is 0 Å². The molecule has 0 aliphatic carbocycles. The van der Waals surface area contributed by atoms with E-state index >= 15 is 0 Å². The first kappa shape index (κ1) is 25.7. The lowest BCUT2D eigenvalue weighted by Gasteiger charge is -2.06. The largest absolute Gasteiger partial charge is 0.497 e. The summed E-state index contributed by atoms with van der Waals surface area (Å²) in [5.41, 5.74) is 2.48.